The summed E-state index contributed by atoms with van der Waals surface area (Å²) in [6.07, 6.45) is 6.44. The van der Waals surface area contributed by atoms with Crippen molar-refractivity contribution in [2.45, 2.75) is 19.1 Å². The van der Waals surface area contributed by atoms with E-state index in [1.807, 2.05) is 38.6 Å². The Kier molecular flexibility index (Phi) is 6.68. The van der Waals surface area contributed by atoms with Gasteiger partial charge in [0.1, 0.15) is 18.5 Å². The van der Waals surface area contributed by atoms with E-state index in [1.54, 1.807) is 10.9 Å². The minimum absolute atomic E-state index is 0.0210. The normalized spacial score (nSPS) is 18.3. The summed E-state index contributed by atoms with van der Waals surface area (Å²) in [5.41, 5.74) is 1.10. The maximum atomic E-state index is 5.89. The molecule has 0 spiro atoms. The first-order valence-corrected chi connectivity index (χ1v) is 8.92. The van der Waals surface area contributed by atoms with Gasteiger partial charge in [0, 0.05) is 45.6 Å². The quantitative estimate of drug-likeness (QED) is 0.458. The molecule has 3 heterocycles. The Balaban J connectivity index is 1.39. The van der Waals surface area contributed by atoms with Crippen LogP contribution >= 0.6 is 0 Å². The fraction of sp³-hybridized carbons (Fsp3) is 0.556. The maximum Gasteiger partial charge on any atom is 0.193 e. The third-order valence-corrected chi connectivity index (χ3v) is 4.25. The number of aryl methyl sites for hydroxylation is 1. The van der Waals surface area contributed by atoms with E-state index in [2.05, 4.69) is 20.3 Å². The van der Waals surface area contributed by atoms with E-state index in [0.29, 0.717) is 19.8 Å². The molecule has 1 atom stereocenters. The zero-order valence-corrected chi connectivity index (χ0v) is 15.4. The molecule has 8 heteroatoms. The monoisotopic (exact) mass is 361 g/mol. The first-order chi connectivity index (χ1) is 12.8. The average molecular weight is 361 g/mol. The van der Waals surface area contributed by atoms with Crippen LogP contribution < -0.4 is 5.32 Å². The fourth-order valence-electron chi connectivity index (χ4n) is 2.92. The predicted octanol–water partition coefficient (Wildman–Crippen LogP) is 1.57. The average Bonchev–Trinajstić information content (AvgIpc) is 3.33. The highest BCUT2D eigenvalue weighted by Gasteiger charge is 2.24. The number of ether oxygens (including phenoxy) is 2. The van der Waals surface area contributed by atoms with Crippen LogP contribution in [0, 0.1) is 0 Å². The van der Waals surface area contributed by atoms with Crippen LogP contribution in [0.5, 0.6) is 0 Å². The molecule has 1 N–H and O–H groups in total. The van der Waals surface area contributed by atoms with Crippen molar-refractivity contribution in [2.75, 3.05) is 39.9 Å². The zero-order valence-electron chi connectivity index (χ0n) is 15.4. The van der Waals surface area contributed by atoms with Crippen molar-refractivity contribution >= 4 is 5.96 Å². The third-order valence-electron chi connectivity index (χ3n) is 4.25. The SMILES string of the molecule is CN=C(NCCCOCc1ccco1)N1CCOC(c2cnn(C)c2)C1. The molecule has 0 radical (unpaired) electrons. The number of furan rings is 1. The van der Waals surface area contributed by atoms with Gasteiger partial charge in [-0.1, -0.05) is 0 Å². The molecule has 3 rings (SSSR count). The van der Waals surface area contributed by atoms with Crippen LogP contribution in [0.2, 0.25) is 0 Å². The summed E-state index contributed by atoms with van der Waals surface area (Å²) in [5, 5.41) is 7.64. The first kappa shape index (κ1) is 18.5. The molecule has 1 saturated heterocycles. The van der Waals surface area contributed by atoms with Crippen LogP contribution in [0.3, 0.4) is 0 Å². The van der Waals surface area contributed by atoms with Gasteiger partial charge in [-0.15, -0.1) is 0 Å². The number of nitrogens with one attached hydrogen (secondary N) is 1. The summed E-state index contributed by atoms with van der Waals surface area (Å²) in [7, 11) is 3.73. The Labute approximate surface area is 153 Å². The van der Waals surface area contributed by atoms with Crippen LogP contribution in [-0.2, 0) is 23.1 Å². The second kappa shape index (κ2) is 9.40. The molecule has 0 bridgehead atoms. The molecule has 0 aliphatic carbocycles. The van der Waals surface area contributed by atoms with E-state index < -0.39 is 0 Å². The van der Waals surface area contributed by atoms with Crippen molar-refractivity contribution in [3.8, 4) is 0 Å². The van der Waals surface area contributed by atoms with Crippen molar-refractivity contribution < 1.29 is 13.9 Å². The molecule has 1 aliphatic rings. The van der Waals surface area contributed by atoms with Gasteiger partial charge in [-0.25, -0.2) is 0 Å². The van der Waals surface area contributed by atoms with Gasteiger partial charge in [0.25, 0.3) is 0 Å². The summed E-state index contributed by atoms with van der Waals surface area (Å²) >= 11 is 0. The Bertz CT molecular complexity index is 683. The van der Waals surface area contributed by atoms with Crippen molar-refractivity contribution in [1.82, 2.24) is 20.0 Å². The van der Waals surface area contributed by atoms with Crippen LogP contribution in [0.25, 0.3) is 0 Å². The molecule has 0 saturated carbocycles. The van der Waals surface area contributed by atoms with E-state index >= 15 is 0 Å². The second-order valence-corrected chi connectivity index (χ2v) is 6.21. The van der Waals surface area contributed by atoms with Crippen molar-refractivity contribution in [1.29, 1.82) is 0 Å². The molecule has 2 aromatic rings. The Morgan fingerprint density at radius 1 is 1.50 bits per heavy atom. The third kappa shape index (κ3) is 5.09. The highest BCUT2D eigenvalue weighted by molar-refractivity contribution is 5.80. The molecule has 2 aromatic heterocycles. The molecule has 8 nitrogen and oxygen atoms in total. The molecular formula is C18H27N5O3. The standard InChI is InChI=1S/C18H27N5O3/c1-19-18(20-6-4-8-24-14-16-5-3-9-25-16)23-7-10-26-17(13-23)15-11-21-22(2)12-15/h3,5,9,11-12,17H,4,6-8,10,13-14H2,1-2H3,(H,19,20). The Morgan fingerprint density at radius 2 is 2.42 bits per heavy atom. The van der Waals surface area contributed by atoms with Gasteiger partial charge in [-0.3, -0.25) is 9.67 Å². The van der Waals surface area contributed by atoms with Gasteiger partial charge >= 0.3 is 0 Å². The van der Waals surface area contributed by atoms with Crippen LogP contribution in [0.1, 0.15) is 23.8 Å². The smallest absolute Gasteiger partial charge is 0.193 e. The lowest BCUT2D eigenvalue weighted by molar-refractivity contribution is -0.00806. The summed E-state index contributed by atoms with van der Waals surface area (Å²) in [4.78, 5) is 6.63. The minimum atomic E-state index is 0.0210. The molecule has 1 unspecified atom stereocenters. The van der Waals surface area contributed by atoms with Crippen molar-refractivity contribution in [3.05, 3.63) is 42.1 Å². The number of aliphatic imine (C=N–C) groups is 1. The van der Waals surface area contributed by atoms with E-state index in [0.717, 1.165) is 43.3 Å². The number of hydrogen-bond acceptors (Lipinski definition) is 5. The summed E-state index contributed by atoms with van der Waals surface area (Å²) in [5.74, 6) is 1.75. The maximum absolute atomic E-state index is 5.89. The van der Waals surface area contributed by atoms with E-state index in [-0.39, 0.29) is 6.10 Å². The van der Waals surface area contributed by atoms with Gasteiger partial charge in [0.05, 0.1) is 25.6 Å². The molecule has 1 fully saturated rings. The Morgan fingerprint density at radius 3 is 3.15 bits per heavy atom. The lowest BCUT2D eigenvalue weighted by atomic mass is 10.1. The highest BCUT2D eigenvalue weighted by atomic mass is 16.5. The molecule has 0 amide bonds. The van der Waals surface area contributed by atoms with Crippen molar-refractivity contribution in [2.24, 2.45) is 12.0 Å². The highest BCUT2D eigenvalue weighted by Crippen LogP contribution is 2.21. The van der Waals surface area contributed by atoms with E-state index in [4.69, 9.17) is 13.9 Å². The topological polar surface area (TPSA) is 77.1 Å². The molecular weight excluding hydrogens is 334 g/mol. The predicted molar refractivity (Wildman–Crippen MR) is 97.8 cm³/mol. The molecule has 1 aliphatic heterocycles. The van der Waals surface area contributed by atoms with E-state index in [1.165, 1.54) is 0 Å². The number of guanidine groups is 1. The fourth-order valence-corrected chi connectivity index (χ4v) is 2.92. The summed E-state index contributed by atoms with van der Waals surface area (Å²) in [6.45, 7) is 4.25. The molecule has 142 valence electrons. The van der Waals surface area contributed by atoms with Gasteiger partial charge in [-0.2, -0.15) is 5.10 Å². The number of nitrogens with zero attached hydrogens (tertiary/aromatic N) is 4. The lowest BCUT2D eigenvalue weighted by Crippen LogP contribution is -2.48. The zero-order chi connectivity index (χ0) is 18.2. The van der Waals surface area contributed by atoms with Gasteiger partial charge in [0.15, 0.2) is 5.96 Å². The van der Waals surface area contributed by atoms with Gasteiger partial charge < -0.3 is 24.1 Å². The molecule has 0 aromatic carbocycles. The Hall–Kier alpha value is -2.32. The van der Waals surface area contributed by atoms with E-state index in [9.17, 15) is 0 Å². The van der Waals surface area contributed by atoms with Crippen LogP contribution in [0.15, 0.2) is 40.2 Å². The van der Waals surface area contributed by atoms with Gasteiger partial charge in [0.2, 0.25) is 0 Å². The second-order valence-electron chi connectivity index (χ2n) is 6.21. The summed E-state index contributed by atoms with van der Waals surface area (Å²) in [6, 6.07) is 3.78. The van der Waals surface area contributed by atoms with Crippen LogP contribution in [-0.4, -0.2) is 60.5 Å². The van der Waals surface area contributed by atoms with Crippen molar-refractivity contribution in [3.63, 3.8) is 0 Å². The van der Waals surface area contributed by atoms with Crippen LogP contribution in [0.4, 0.5) is 0 Å². The number of morpholine rings is 1. The molecule has 26 heavy (non-hydrogen) atoms. The number of hydrogen-bond donors (Lipinski definition) is 1. The van der Waals surface area contributed by atoms with Gasteiger partial charge in [-0.05, 0) is 18.6 Å². The number of aromatic nitrogens is 2. The first-order valence-electron chi connectivity index (χ1n) is 8.92. The lowest BCUT2D eigenvalue weighted by Gasteiger charge is -2.34. The summed E-state index contributed by atoms with van der Waals surface area (Å²) < 4.78 is 18.5. The number of rotatable bonds is 7. The largest absolute Gasteiger partial charge is 0.467 e. The minimum Gasteiger partial charge on any atom is -0.467 e.